The van der Waals surface area contributed by atoms with Crippen LogP contribution in [0.2, 0.25) is 0 Å². The fourth-order valence-corrected chi connectivity index (χ4v) is 0.578. The van der Waals surface area contributed by atoms with Crippen molar-refractivity contribution in [3.8, 4) is 12.3 Å². The molecule has 1 unspecified atom stereocenters. The molecule has 78 valence electrons. The predicted octanol–water partition coefficient (Wildman–Crippen LogP) is 2.54. The van der Waals surface area contributed by atoms with Crippen LogP contribution in [0.1, 0.15) is 34.6 Å². The van der Waals surface area contributed by atoms with E-state index in [0.29, 0.717) is 5.57 Å². The van der Waals surface area contributed by atoms with Crippen LogP contribution in [0.25, 0.3) is 0 Å². The first-order valence-corrected chi connectivity index (χ1v) is 4.50. The summed E-state index contributed by atoms with van der Waals surface area (Å²) in [6.45, 7) is 12.5. The van der Waals surface area contributed by atoms with Crippen molar-refractivity contribution in [1.29, 1.82) is 0 Å². The highest BCUT2D eigenvalue weighted by molar-refractivity contribution is 5.76. The molecule has 14 heavy (non-hydrogen) atoms. The molecule has 1 atom stereocenters. The lowest BCUT2D eigenvalue weighted by Gasteiger charge is -2.28. The highest BCUT2D eigenvalue weighted by Gasteiger charge is 2.32. The standard InChI is InChI=1S/C12H18O2/c1-8-12(7,9(2)3)14-10(13)11(4,5)6/h1H,2H2,3-7H3. The zero-order valence-electron chi connectivity index (χ0n) is 9.60. The maximum absolute atomic E-state index is 11.6. The Kier molecular flexibility index (Phi) is 3.53. The summed E-state index contributed by atoms with van der Waals surface area (Å²) >= 11 is 0. The molecule has 0 radical (unpaired) electrons. The Morgan fingerprint density at radius 1 is 1.36 bits per heavy atom. The maximum Gasteiger partial charge on any atom is 0.312 e. The molecule has 0 amide bonds. The number of ether oxygens (including phenoxy) is 1. The third-order valence-corrected chi connectivity index (χ3v) is 2.00. The van der Waals surface area contributed by atoms with Gasteiger partial charge in [0.05, 0.1) is 5.41 Å². The third kappa shape index (κ3) is 2.92. The van der Waals surface area contributed by atoms with Crippen LogP contribution in [-0.2, 0) is 9.53 Å². The molecule has 0 spiro atoms. The quantitative estimate of drug-likeness (QED) is 0.383. The van der Waals surface area contributed by atoms with E-state index in [9.17, 15) is 4.79 Å². The molecule has 0 heterocycles. The van der Waals surface area contributed by atoms with Crippen molar-refractivity contribution in [3.05, 3.63) is 12.2 Å². The zero-order valence-corrected chi connectivity index (χ0v) is 9.60. The van der Waals surface area contributed by atoms with Gasteiger partial charge in [0.1, 0.15) is 0 Å². The molecule has 0 aromatic rings. The number of hydrogen-bond acceptors (Lipinski definition) is 2. The van der Waals surface area contributed by atoms with Crippen LogP contribution in [0.5, 0.6) is 0 Å². The number of hydrogen-bond donors (Lipinski definition) is 0. The van der Waals surface area contributed by atoms with Crippen LogP contribution >= 0.6 is 0 Å². The molecule has 0 aromatic carbocycles. The summed E-state index contributed by atoms with van der Waals surface area (Å²) in [6, 6.07) is 0. The van der Waals surface area contributed by atoms with E-state index < -0.39 is 11.0 Å². The largest absolute Gasteiger partial charge is 0.442 e. The normalized spacial score (nSPS) is 15.1. The molecule has 2 nitrogen and oxygen atoms in total. The second kappa shape index (κ2) is 3.88. The van der Waals surface area contributed by atoms with E-state index in [4.69, 9.17) is 11.2 Å². The molecule has 0 aliphatic heterocycles. The SMILES string of the molecule is C#CC(C)(OC(=O)C(C)(C)C)C(=C)C. The Bertz CT molecular complexity index is 288. The van der Waals surface area contributed by atoms with Crippen LogP contribution in [-0.4, -0.2) is 11.6 Å². The van der Waals surface area contributed by atoms with E-state index in [1.165, 1.54) is 0 Å². The van der Waals surface area contributed by atoms with Crippen LogP contribution in [0.15, 0.2) is 12.2 Å². The Morgan fingerprint density at radius 2 is 1.79 bits per heavy atom. The molecule has 0 fully saturated rings. The monoisotopic (exact) mass is 194 g/mol. The number of rotatable bonds is 2. The van der Waals surface area contributed by atoms with E-state index in [-0.39, 0.29) is 5.97 Å². The van der Waals surface area contributed by atoms with Gasteiger partial charge in [-0.05, 0) is 40.2 Å². The van der Waals surface area contributed by atoms with Crippen molar-refractivity contribution in [2.24, 2.45) is 5.41 Å². The van der Waals surface area contributed by atoms with Crippen molar-refractivity contribution < 1.29 is 9.53 Å². The molecule has 2 heteroatoms. The topological polar surface area (TPSA) is 26.3 Å². The molecule has 0 bridgehead atoms. The van der Waals surface area contributed by atoms with Gasteiger partial charge in [0.15, 0.2) is 5.60 Å². The number of carbonyl (C=O) groups is 1. The van der Waals surface area contributed by atoms with Gasteiger partial charge in [-0.1, -0.05) is 12.5 Å². The fourth-order valence-electron chi connectivity index (χ4n) is 0.578. The summed E-state index contributed by atoms with van der Waals surface area (Å²) in [6.07, 6.45) is 5.31. The molecule has 0 N–H and O–H groups in total. The number of carbonyl (C=O) groups excluding carboxylic acids is 1. The molecule has 0 saturated heterocycles. The molecule has 0 rings (SSSR count). The van der Waals surface area contributed by atoms with E-state index >= 15 is 0 Å². The van der Waals surface area contributed by atoms with E-state index in [1.54, 1.807) is 34.6 Å². The first kappa shape index (κ1) is 12.8. The minimum absolute atomic E-state index is 0.319. The van der Waals surface area contributed by atoms with Gasteiger partial charge in [0.2, 0.25) is 0 Å². The average Bonchev–Trinajstić information content (AvgIpc) is 2.02. The first-order chi connectivity index (χ1) is 6.13. The highest BCUT2D eigenvalue weighted by atomic mass is 16.6. The highest BCUT2D eigenvalue weighted by Crippen LogP contribution is 2.24. The first-order valence-electron chi connectivity index (χ1n) is 4.50. The van der Waals surface area contributed by atoms with Gasteiger partial charge >= 0.3 is 5.97 Å². The molecule has 0 aromatic heterocycles. The summed E-state index contributed by atoms with van der Waals surface area (Å²) in [4.78, 5) is 11.6. The van der Waals surface area contributed by atoms with Crippen LogP contribution in [0, 0.1) is 17.8 Å². The van der Waals surface area contributed by atoms with Crippen molar-refractivity contribution in [3.63, 3.8) is 0 Å². The Balaban J connectivity index is 4.76. The molecular weight excluding hydrogens is 176 g/mol. The second-order valence-corrected chi connectivity index (χ2v) is 4.60. The maximum atomic E-state index is 11.6. The van der Waals surface area contributed by atoms with Gasteiger partial charge in [-0.2, -0.15) is 0 Å². The molecule has 0 aliphatic carbocycles. The lowest BCUT2D eigenvalue weighted by atomic mass is 9.95. The van der Waals surface area contributed by atoms with Gasteiger partial charge in [0, 0.05) is 0 Å². The lowest BCUT2D eigenvalue weighted by Crippen LogP contribution is -2.36. The zero-order chi connectivity index (χ0) is 11.6. The Morgan fingerprint density at radius 3 is 2.00 bits per heavy atom. The van der Waals surface area contributed by atoms with Gasteiger partial charge in [-0.25, -0.2) is 0 Å². The summed E-state index contributed by atoms with van der Waals surface area (Å²) in [7, 11) is 0. The summed E-state index contributed by atoms with van der Waals surface area (Å²) in [5.74, 6) is 2.12. The van der Waals surface area contributed by atoms with Gasteiger partial charge in [-0.15, -0.1) is 6.42 Å². The second-order valence-electron chi connectivity index (χ2n) is 4.60. The van der Waals surface area contributed by atoms with Crippen LogP contribution in [0.4, 0.5) is 0 Å². The summed E-state index contributed by atoms with van der Waals surface area (Å²) in [5.41, 5.74) is -0.893. The van der Waals surface area contributed by atoms with Gasteiger partial charge in [0.25, 0.3) is 0 Å². The number of esters is 1. The van der Waals surface area contributed by atoms with Crippen molar-refractivity contribution in [2.45, 2.75) is 40.2 Å². The lowest BCUT2D eigenvalue weighted by molar-refractivity contribution is -0.160. The van der Waals surface area contributed by atoms with Crippen molar-refractivity contribution in [1.82, 2.24) is 0 Å². The Hall–Kier alpha value is -1.23. The fraction of sp³-hybridized carbons (Fsp3) is 0.583. The molecule has 0 aliphatic rings. The minimum atomic E-state index is -0.996. The molecule has 0 saturated carbocycles. The summed E-state index contributed by atoms with van der Waals surface area (Å²) < 4.78 is 5.24. The average molecular weight is 194 g/mol. The van der Waals surface area contributed by atoms with Crippen LogP contribution < -0.4 is 0 Å². The molecular formula is C12H18O2. The van der Waals surface area contributed by atoms with E-state index in [1.807, 2.05) is 0 Å². The minimum Gasteiger partial charge on any atom is -0.442 e. The van der Waals surface area contributed by atoms with Gasteiger partial charge < -0.3 is 4.74 Å². The van der Waals surface area contributed by atoms with E-state index in [0.717, 1.165) is 0 Å². The van der Waals surface area contributed by atoms with Crippen molar-refractivity contribution in [2.75, 3.05) is 0 Å². The van der Waals surface area contributed by atoms with Crippen molar-refractivity contribution >= 4 is 5.97 Å². The Labute approximate surface area is 86.3 Å². The summed E-state index contributed by atoms with van der Waals surface area (Å²) in [5, 5.41) is 0. The number of terminal acetylenes is 1. The van der Waals surface area contributed by atoms with E-state index in [2.05, 4.69) is 12.5 Å². The van der Waals surface area contributed by atoms with Crippen LogP contribution in [0.3, 0.4) is 0 Å². The predicted molar refractivity (Wildman–Crippen MR) is 57.6 cm³/mol. The van der Waals surface area contributed by atoms with Gasteiger partial charge in [-0.3, -0.25) is 4.79 Å². The smallest absolute Gasteiger partial charge is 0.312 e. The third-order valence-electron chi connectivity index (χ3n) is 2.00.